The molecule has 0 bridgehead atoms. The molecule has 1 fully saturated rings. The lowest BCUT2D eigenvalue weighted by Crippen LogP contribution is -2.50. The zero-order valence-corrected chi connectivity index (χ0v) is 12.0. The lowest BCUT2D eigenvalue weighted by Gasteiger charge is -2.35. The summed E-state index contributed by atoms with van der Waals surface area (Å²) >= 11 is 0. The van der Waals surface area contributed by atoms with Crippen LogP contribution in [0.25, 0.3) is 0 Å². The lowest BCUT2D eigenvalue weighted by molar-refractivity contribution is -0.130. The quantitative estimate of drug-likeness (QED) is 0.789. The summed E-state index contributed by atoms with van der Waals surface area (Å²) in [7, 11) is 0. The second-order valence-corrected chi connectivity index (χ2v) is 5.88. The first-order valence-electron chi connectivity index (χ1n) is 6.58. The molecule has 0 aliphatic carbocycles. The first kappa shape index (κ1) is 15.4. The molecule has 18 heavy (non-hydrogen) atoms. The third-order valence-corrected chi connectivity index (χ3v) is 3.00. The van der Waals surface area contributed by atoms with Gasteiger partial charge in [-0.1, -0.05) is 0 Å². The van der Waals surface area contributed by atoms with Crippen molar-refractivity contribution >= 4 is 5.91 Å². The third-order valence-electron chi connectivity index (χ3n) is 3.00. The highest BCUT2D eigenvalue weighted by atomic mass is 16.5. The van der Waals surface area contributed by atoms with Crippen LogP contribution in [0.4, 0.5) is 0 Å². The molecule has 0 radical (unpaired) electrons. The normalized spacial score (nSPS) is 19.9. The molecule has 5 heteroatoms. The fourth-order valence-electron chi connectivity index (χ4n) is 1.94. The molecule has 0 spiro atoms. The van der Waals surface area contributed by atoms with E-state index in [9.17, 15) is 9.90 Å². The van der Waals surface area contributed by atoms with Crippen LogP contribution in [0, 0.1) is 0 Å². The van der Waals surface area contributed by atoms with Gasteiger partial charge < -0.3 is 14.7 Å². The van der Waals surface area contributed by atoms with E-state index in [2.05, 4.69) is 4.90 Å². The Labute approximate surface area is 110 Å². The maximum Gasteiger partial charge on any atom is 0.219 e. The minimum absolute atomic E-state index is 0.131. The Kier molecular flexibility index (Phi) is 5.56. The number of carbonyl (C=O) groups excluding carboxylic acids is 1. The van der Waals surface area contributed by atoms with Crippen molar-refractivity contribution in [2.24, 2.45) is 0 Å². The molecular formula is C13H26N2O3. The summed E-state index contributed by atoms with van der Waals surface area (Å²) in [6, 6.07) is 0. The van der Waals surface area contributed by atoms with Gasteiger partial charge in [0.2, 0.25) is 5.91 Å². The molecule has 0 aromatic rings. The van der Waals surface area contributed by atoms with Crippen molar-refractivity contribution in [2.45, 2.75) is 39.4 Å². The van der Waals surface area contributed by atoms with Crippen LogP contribution in [0.5, 0.6) is 0 Å². The molecule has 0 aromatic carbocycles. The van der Waals surface area contributed by atoms with E-state index in [0.29, 0.717) is 13.2 Å². The number of β-amino-alcohol motifs (C(OH)–C–C–N with tert-alkyl or cyclic N) is 1. The van der Waals surface area contributed by atoms with Crippen molar-refractivity contribution in [3.8, 4) is 0 Å². The number of hydrogen-bond donors (Lipinski definition) is 1. The summed E-state index contributed by atoms with van der Waals surface area (Å²) in [5.74, 6) is 0.131. The molecule has 1 unspecified atom stereocenters. The molecule has 0 aromatic heterocycles. The first-order chi connectivity index (χ1) is 8.28. The highest BCUT2D eigenvalue weighted by Crippen LogP contribution is 2.08. The van der Waals surface area contributed by atoms with Gasteiger partial charge in [-0.15, -0.1) is 0 Å². The number of hydrogen-bond acceptors (Lipinski definition) is 4. The molecule has 1 aliphatic heterocycles. The zero-order chi connectivity index (χ0) is 13.8. The number of aliphatic hydroxyl groups is 1. The maximum atomic E-state index is 11.2. The number of aliphatic hydroxyl groups excluding tert-OH is 1. The highest BCUT2D eigenvalue weighted by molar-refractivity contribution is 5.73. The first-order valence-corrected chi connectivity index (χ1v) is 6.58. The second-order valence-electron chi connectivity index (χ2n) is 5.88. The van der Waals surface area contributed by atoms with Crippen LogP contribution in [0.15, 0.2) is 0 Å². The van der Waals surface area contributed by atoms with Crippen molar-refractivity contribution in [3.05, 3.63) is 0 Å². The minimum Gasteiger partial charge on any atom is -0.389 e. The summed E-state index contributed by atoms with van der Waals surface area (Å²) < 4.78 is 5.55. The van der Waals surface area contributed by atoms with Crippen LogP contribution >= 0.6 is 0 Å². The van der Waals surface area contributed by atoms with Gasteiger partial charge in [0.25, 0.3) is 0 Å². The standard InChI is InChI=1S/C13H26N2O3/c1-11(16)15-7-5-14(6-8-15)9-12(17)10-18-13(2,3)4/h12,17H,5-10H2,1-4H3. The van der Waals surface area contributed by atoms with Crippen LogP contribution in [0.3, 0.4) is 0 Å². The molecule has 1 rings (SSSR count). The van der Waals surface area contributed by atoms with Gasteiger partial charge in [-0.25, -0.2) is 0 Å². The lowest BCUT2D eigenvalue weighted by atomic mass is 10.2. The van der Waals surface area contributed by atoms with Crippen molar-refractivity contribution in [1.29, 1.82) is 0 Å². The molecular weight excluding hydrogens is 232 g/mol. The van der Waals surface area contributed by atoms with E-state index in [1.807, 2.05) is 25.7 Å². The Morgan fingerprint density at radius 2 is 1.83 bits per heavy atom. The van der Waals surface area contributed by atoms with E-state index < -0.39 is 6.10 Å². The topological polar surface area (TPSA) is 53.0 Å². The Balaban J connectivity index is 2.22. The fourth-order valence-corrected chi connectivity index (χ4v) is 1.94. The average Bonchev–Trinajstić information content (AvgIpc) is 2.26. The van der Waals surface area contributed by atoms with Gasteiger partial charge in [-0.05, 0) is 20.8 Å². The van der Waals surface area contributed by atoms with E-state index in [1.165, 1.54) is 0 Å². The van der Waals surface area contributed by atoms with Crippen molar-refractivity contribution in [2.75, 3.05) is 39.3 Å². The van der Waals surface area contributed by atoms with Crippen molar-refractivity contribution in [3.63, 3.8) is 0 Å². The third kappa shape index (κ3) is 5.80. The molecule has 106 valence electrons. The summed E-state index contributed by atoms with van der Waals surface area (Å²) in [4.78, 5) is 15.2. The maximum absolute atomic E-state index is 11.2. The number of nitrogens with zero attached hydrogens (tertiary/aromatic N) is 2. The van der Waals surface area contributed by atoms with Gasteiger partial charge in [-0.2, -0.15) is 0 Å². The van der Waals surface area contributed by atoms with E-state index in [1.54, 1.807) is 6.92 Å². The zero-order valence-electron chi connectivity index (χ0n) is 12.0. The van der Waals surface area contributed by atoms with Gasteiger partial charge in [0.1, 0.15) is 0 Å². The van der Waals surface area contributed by atoms with Crippen LogP contribution in [0.2, 0.25) is 0 Å². The molecule has 0 saturated carbocycles. The second kappa shape index (κ2) is 6.50. The fraction of sp³-hybridized carbons (Fsp3) is 0.923. The highest BCUT2D eigenvalue weighted by Gasteiger charge is 2.21. The number of carbonyl (C=O) groups is 1. The summed E-state index contributed by atoms with van der Waals surface area (Å²) in [6.45, 7) is 11.7. The summed E-state index contributed by atoms with van der Waals surface area (Å²) in [5, 5.41) is 9.89. The summed E-state index contributed by atoms with van der Waals surface area (Å²) in [6.07, 6.45) is -0.465. The predicted molar refractivity (Wildman–Crippen MR) is 70.4 cm³/mol. The monoisotopic (exact) mass is 258 g/mol. The van der Waals surface area contributed by atoms with Crippen LogP contribution < -0.4 is 0 Å². The molecule has 1 aliphatic rings. The Hall–Kier alpha value is -0.650. The SMILES string of the molecule is CC(=O)N1CCN(CC(O)COC(C)(C)C)CC1. The van der Waals surface area contributed by atoms with Crippen LogP contribution in [-0.2, 0) is 9.53 Å². The largest absolute Gasteiger partial charge is 0.389 e. The van der Waals surface area contributed by atoms with E-state index in [4.69, 9.17) is 4.74 Å². The Bertz CT molecular complexity index is 268. The molecule has 1 N–H and O–H groups in total. The number of rotatable bonds is 4. The van der Waals surface area contributed by atoms with Gasteiger partial charge in [0, 0.05) is 39.6 Å². The van der Waals surface area contributed by atoms with Gasteiger partial charge in [0.05, 0.1) is 18.3 Å². The Morgan fingerprint density at radius 3 is 2.28 bits per heavy atom. The number of amides is 1. The smallest absolute Gasteiger partial charge is 0.219 e. The van der Waals surface area contributed by atoms with Gasteiger partial charge >= 0.3 is 0 Å². The Morgan fingerprint density at radius 1 is 1.28 bits per heavy atom. The van der Waals surface area contributed by atoms with Crippen LogP contribution in [0.1, 0.15) is 27.7 Å². The number of piperazine rings is 1. The predicted octanol–water partition coefficient (Wildman–Crippen LogP) is 0.327. The molecule has 5 nitrogen and oxygen atoms in total. The average molecular weight is 258 g/mol. The van der Waals surface area contributed by atoms with Crippen molar-refractivity contribution in [1.82, 2.24) is 9.80 Å². The van der Waals surface area contributed by atoms with Gasteiger partial charge in [-0.3, -0.25) is 9.69 Å². The molecule has 1 atom stereocenters. The van der Waals surface area contributed by atoms with Crippen molar-refractivity contribution < 1.29 is 14.6 Å². The van der Waals surface area contributed by atoms with Gasteiger partial charge in [0.15, 0.2) is 0 Å². The van der Waals surface area contributed by atoms with E-state index in [-0.39, 0.29) is 11.5 Å². The van der Waals surface area contributed by atoms with E-state index >= 15 is 0 Å². The molecule has 1 amide bonds. The molecule has 1 heterocycles. The van der Waals surface area contributed by atoms with E-state index in [0.717, 1.165) is 26.2 Å². The van der Waals surface area contributed by atoms with Crippen LogP contribution in [-0.4, -0.2) is 71.8 Å². The molecule has 1 saturated heterocycles. The minimum atomic E-state index is -0.465. The summed E-state index contributed by atoms with van der Waals surface area (Å²) in [5.41, 5.74) is -0.214. The number of ether oxygens (including phenoxy) is 1.